The number of para-hydroxylation sites is 2. The minimum atomic E-state index is -0.203. The second kappa shape index (κ2) is 9.05. The SMILES string of the molecule is COc1cccc(/C=N\NC(=O)CSc2cccc3cccnc23)c1OC. The highest BCUT2D eigenvalue weighted by molar-refractivity contribution is 8.00. The van der Waals surface area contributed by atoms with Gasteiger partial charge in [0.25, 0.3) is 0 Å². The van der Waals surface area contributed by atoms with Gasteiger partial charge in [-0.15, -0.1) is 11.8 Å². The van der Waals surface area contributed by atoms with Crippen molar-refractivity contribution in [2.75, 3.05) is 20.0 Å². The van der Waals surface area contributed by atoms with Crippen LogP contribution in [0.4, 0.5) is 0 Å². The first-order valence-electron chi connectivity index (χ1n) is 8.22. The summed E-state index contributed by atoms with van der Waals surface area (Å²) < 4.78 is 10.6. The summed E-state index contributed by atoms with van der Waals surface area (Å²) in [5.74, 6) is 1.20. The predicted molar refractivity (Wildman–Crippen MR) is 108 cm³/mol. The molecule has 1 aromatic heterocycles. The number of nitrogens with one attached hydrogen (secondary N) is 1. The van der Waals surface area contributed by atoms with Gasteiger partial charge >= 0.3 is 0 Å². The van der Waals surface area contributed by atoms with E-state index in [2.05, 4.69) is 15.5 Å². The van der Waals surface area contributed by atoms with Crippen LogP contribution in [-0.4, -0.2) is 37.1 Å². The third-order valence-corrected chi connectivity index (χ3v) is 4.83. The van der Waals surface area contributed by atoms with E-state index in [1.165, 1.54) is 18.0 Å². The maximum absolute atomic E-state index is 12.1. The third kappa shape index (κ3) is 4.57. The Labute approximate surface area is 161 Å². The number of pyridine rings is 1. The first kappa shape index (κ1) is 18.7. The number of hydrogen-bond donors (Lipinski definition) is 1. The Morgan fingerprint density at radius 3 is 2.78 bits per heavy atom. The van der Waals surface area contributed by atoms with E-state index in [1.54, 1.807) is 26.5 Å². The van der Waals surface area contributed by atoms with Crippen LogP contribution < -0.4 is 14.9 Å². The number of nitrogens with zero attached hydrogens (tertiary/aromatic N) is 2. The van der Waals surface area contributed by atoms with Gasteiger partial charge in [0.15, 0.2) is 11.5 Å². The van der Waals surface area contributed by atoms with Crippen molar-refractivity contribution in [2.24, 2.45) is 5.10 Å². The highest BCUT2D eigenvalue weighted by Crippen LogP contribution is 2.29. The Hall–Kier alpha value is -3.06. The van der Waals surface area contributed by atoms with Gasteiger partial charge in [0.05, 0.1) is 31.7 Å². The molecular formula is C20H19N3O3S. The van der Waals surface area contributed by atoms with Gasteiger partial charge in [-0.25, -0.2) is 5.43 Å². The predicted octanol–water partition coefficient (Wildman–Crippen LogP) is 3.49. The van der Waals surface area contributed by atoms with Crippen molar-refractivity contribution in [1.29, 1.82) is 0 Å². The van der Waals surface area contributed by atoms with Crippen LogP contribution in [0.2, 0.25) is 0 Å². The van der Waals surface area contributed by atoms with E-state index >= 15 is 0 Å². The second-order valence-corrected chi connectivity index (χ2v) is 6.51. The number of fused-ring (bicyclic) bond motifs is 1. The number of carbonyl (C=O) groups is 1. The number of rotatable bonds is 7. The molecule has 0 bridgehead atoms. The molecule has 27 heavy (non-hydrogen) atoms. The van der Waals surface area contributed by atoms with E-state index in [0.717, 1.165) is 15.8 Å². The molecule has 0 saturated carbocycles. The number of carbonyl (C=O) groups excluding carboxylic acids is 1. The van der Waals surface area contributed by atoms with Gasteiger partial charge in [0, 0.05) is 22.0 Å². The summed E-state index contributed by atoms with van der Waals surface area (Å²) in [6, 6.07) is 15.3. The smallest absolute Gasteiger partial charge is 0.250 e. The first-order chi connectivity index (χ1) is 13.2. The van der Waals surface area contributed by atoms with Crippen molar-refractivity contribution in [2.45, 2.75) is 4.90 Å². The van der Waals surface area contributed by atoms with E-state index in [0.29, 0.717) is 17.1 Å². The molecule has 7 heteroatoms. The molecule has 1 amide bonds. The van der Waals surface area contributed by atoms with Crippen molar-refractivity contribution in [3.8, 4) is 11.5 Å². The molecule has 0 fully saturated rings. The zero-order chi connectivity index (χ0) is 19.1. The summed E-state index contributed by atoms with van der Waals surface area (Å²) in [7, 11) is 3.13. The summed E-state index contributed by atoms with van der Waals surface area (Å²) in [5.41, 5.74) is 4.13. The molecule has 3 aromatic rings. The number of benzene rings is 2. The number of ether oxygens (including phenoxy) is 2. The maximum atomic E-state index is 12.1. The van der Waals surface area contributed by atoms with Crippen LogP contribution in [0.3, 0.4) is 0 Å². The fourth-order valence-electron chi connectivity index (χ4n) is 2.56. The molecule has 1 heterocycles. The van der Waals surface area contributed by atoms with Gasteiger partial charge in [-0.05, 0) is 24.3 Å². The minimum Gasteiger partial charge on any atom is -0.493 e. The lowest BCUT2D eigenvalue weighted by atomic mass is 10.2. The van der Waals surface area contributed by atoms with Crippen molar-refractivity contribution in [3.05, 3.63) is 60.3 Å². The summed E-state index contributed by atoms with van der Waals surface area (Å²) in [5, 5.41) is 5.06. The molecule has 0 radical (unpaired) electrons. The third-order valence-electron chi connectivity index (χ3n) is 3.78. The molecule has 6 nitrogen and oxygen atoms in total. The van der Waals surface area contributed by atoms with E-state index in [9.17, 15) is 4.79 Å². The fourth-order valence-corrected chi connectivity index (χ4v) is 3.39. The van der Waals surface area contributed by atoms with E-state index in [1.807, 2.05) is 42.5 Å². The van der Waals surface area contributed by atoms with Gasteiger partial charge in [-0.3, -0.25) is 9.78 Å². The monoisotopic (exact) mass is 381 g/mol. The number of thioether (sulfide) groups is 1. The highest BCUT2D eigenvalue weighted by Gasteiger charge is 2.08. The van der Waals surface area contributed by atoms with E-state index in [4.69, 9.17) is 9.47 Å². The topological polar surface area (TPSA) is 72.8 Å². The largest absolute Gasteiger partial charge is 0.493 e. The molecule has 0 aliphatic heterocycles. The van der Waals surface area contributed by atoms with Crippen LogP contribution in [0.25, 0.3) is 10.9 Å². The van der Waals surface area contributed by atoms with Crippen molar-refractivity contribution in [3.63, 3.8) is 0 Å². The molecule has 0 spiro atoms. The Morgan fingerprint density at radius 1 is 1.15 bits per heavy atom. The zero-order valence-corrected chi connectivity index (χ0v) is 15.8. The summed E-state index contributed by atoms with van der Waals surface area (Å²) in [6.45, 7) is 0. The Bertz CT molecular complexity index is 970. The zero-order valence-electron chi connectivity index (χ0n) is 15.0. The molecule has 0 aliphatic rings. The summed E-state index contributed by atoms with van der Waals surface area (Å²) in [4.78, 5) is 17.4. The molecule has 0 unspecified atom stereocenters. The molecule has 138 valence electrons. The van der Waals surface area contributed by atoms with Crippen LogP contribution >= 0.6 is 11.8 Å². The Balaban J connectivity index is 1.61. The average molecular weight is 381 g/mol. The Kier molecular flexibility index (Phi) is 6.27. The molecule has 0 aliphatic carbocycles. The standard InChI is InChI=1S/C20H19N3O3S/c1-25-16-9-3-7-15(20(16)26-2)12-22-23-18(24)13-27-17-10-4-6-14-8-5-11-21-19(14)17/h3-12H,13H2,1-2H3,(H,23,24)/b22-12-. The lowest BCUT2D eigenvalue weighted by Gasteiger charge is -2.09. The fraction of sp³-hybridized carbons (Fsp3) is 0.150. The van der Waals surface area contributed by atoms with Gasteiger partial charge in [-0.1, -0.05) is 24.3 Å². The van der Waals surface area contributed by atoms with Crippen LogP contribution in [0.15, 0.2) is 64.7 Å². The normalized spacial score (nSPS) is 10.9. The number of hydrazone groups is 1. The average Bonchev–Trinajstić information content (AvgIpc) is 2.71. The van der Waals surface area contributed by atoms with Crippen LogP contribution in [0.1, 0.15) is 5.56 Å². The quantitative estimate of drug-likeness (QED) is 0.385. The van der Waals surface area contributed by atoms with E-state index < -0.39 is 0 Å². The number of methoxy groups -OCH3 is 2. The first-order valence-corrected chi connectivity index (χ1v) is 9.21. The molecule has 0 saturated heterocycles. The van der Waals surface area contributed by atoms with E-state index in [-0.39, 0.29) is 11.7 Å². The summed E-state index contributed by atoms with van der Waals surface area (Å²) in [6.07, 6.45) is 3.28. The van der Waals surface area contributed by atoms with Crippen LogP contribution in [0, 0.1) is 0 Å². The molecular weight excluding hydrogens is 362 g/mol. The van der Waals surface area contributed by atoms with Gasteiger partial charge in [0.2, 0.25) is 5.91 Å². The molecule has 2 aromatic carbocycles. The van der Waals surface area contributed by atoms with Crippen molar-refractivity contribution < 1.29 is 14.3 Å². The second-order valence-electron chi connectivity index (χ2n) is 5.50. The minimum absolute atomic E-state index is 0.203. The van der Waals surface area contributed by atoms with Gasteiger partial charge in [-0.2, -0.15) is 5.10 Å². The molecule has 1 N–H and O–H groups in total. The lowest BCUT2D eigenvalue weighted by molar-refractivity contribution is -0.118. The molecule has 3 rings (SSSR count). The number of hydrogen-bond acceptors (Lipinski definition) is 6. The van der Waals surface area contributed by atoms with Crippen molar-refractivity contribution >= 4 is 34.8 Å². The van der Waals surface area contributed by atoms with Crippen molar-refractivity contribution in [1.82, 2.24) is 10.4 Å². The van der Waals surface area contributed by atoms with Gasteiger partial charge < -0.3 is 9.47 Å². The lowest BCUT2D eigenvalue weighted by Crippen LogP contribution is -2.19. The number of amides is 1. The van der Waals surface area contributed by atoms with Crippen LogP contribution in [-0.2, 0) is 4.79 Å². The maximum Gasteiger partial charge on any atom is 0.250 e. The van der Waals surface area contributed by atoms with Crippen LogP contribution in [0.5, 0.6) is 11.5 Å². The highest BCUT2D eigenvalue weighted by atomic mass is 32.2. The molecule has 0 atom stereocenters. The Morgan fingerprint density at radius 2 is 1.96 bits per heavy atom. The number of aromatic nitrogens is 1. The van der Waals surface area contributed by atoms with Gasteiger partial charge in [0.1, 0.15) is 0 Å². The summed E-state index contributed by atoms with van der Waals surface area (Å²) >= 11 is 1.42.